The van der Waals surface area contributed by atoms with Crippen LogP contribution in [0.15, 0.2) is 42.5 Å². The van der Waals surface area contributed by atoms with Gasteiger partial charge in [-0.05, 0) is 55.7 Å². The summed E-state index contributed by atoms with van der Waals surface area (Å²) in [6.07, 6.45) is 1.33. The minimum Gasteiger partial charge on any atom is -0.494 e. The molecule has 128 valence electrons. The SMILES string of the molecule is CCOc1ccc(NCCC(=O)Nc2c(C)cccc2CC)cc1. The van der Waals surface area contributed by atoms with Gasteiger partial charge in [0.05, 0.1) is 6.61 Å². The third-order valence-electron chi connectivity index (χ3n) is 3.85. The average molecular weight is 326 g/mol. The Kier molecular flexibility index (Phi) is 6.67. The molecule has 0 atom stereocenters. The summed E-state index contributed by atoms with van der Waals surface area (Å²) in [7, 11) is 0. The van der Waals surface area contributed by atoms with Crippen molar-refractivity contribution in [2.75, 3.05) is 23.8 Å². The molecule has 0 aromatic heterocycles. The van der Waals surface area contributed by atoms with E-state index in [1.54, 1.807) is 0 Å². The second kappa shape index (κ2) is 8.96. The lowest BCUT2D eigenvalue weighted by Crippen LogP contribution is -2.17. The van der Waals surface area contributed by atoms with Crippen molar-refractivity contribution in [3.8, 4) is 5.75 Å². The van der Waals surface area contributed by atoms with Crippen LogP contribution < -0.4 is 15.4 Å². The number of hydrogen-bond donors (Lipinski definition) is 2. The molecule has 0 aliphatic carbocycles. The van der Waals surface area contributed by atoms with E-state index in [2.05, 4.69) is 23.6 Å². The van der Waals surface area contributed by atoms with E-state index in [0.717, 1.165) is 29.1 Å². The molecule has 0 radical (unpaired) electrons. The van der Waals surface area contributed by atoms with Crippen molar-refractivity contribution >= 4 is 17.3 Å². The van der Waals surface area contributed by atoms with Crippen LogP contribution in [0.2, 0.25) is 0 Å². The van der Waals surface area contributed by atoms with Crippen LogP contribution in [0.1, 0.15) is 31.4 Å². The summed E-state index contributed by atoms with van der Waals surface area (Å²) in [4.78, 5) is 12.2. The second-order valence-corrected chi connectivity index (χ2v) is 5.64. The summed E-state index contributed by atoms with van der Waals surface area (Å²) in [6, 6.07) is 13.9. The van der Waals surface area contributed by atoms with Gasteiger partial charge in [0.15, 0.2) is 0 Å². The molecule has 0 bridgehead atoms. The number of hydrogen-bond acceptors (Lipinski definition) is 3. The maximum Gasteiger partial charge on any atom is 0.226 e. The minimum absolute atomic E-state index is 0.0254. The number of carbonyl (C=O) groups excluding carboxylic acids is 1. The molecule has 0 heterocycles. The predicted octanol–water partition coefficient (Wildman–Crippen LogP) is 4.40. The fourth-order valence-electron chi connectivity index (χ4n) is 2.56. The van der Waals surface area contributed by atoms with Crippen LogP contribution in [0.5, 0.6) is 5.75 Å². The van der Waals surface area contributed by atoms with Gasteiger partial charge in [-0.1, -0.05) is 25.1 Å². The Hall–Kier alpha value is -2.49. The number of ether oxygens (including phenoxy) is 1. The van der Waals surface area contributed by atoms with Crippen molar-refractivity contribution < 1.29 is 9.53 Å². The first-order valence-corrected chi connectivity index (χ1v) is 8.49. The molecule has 2 rings (SSSR count). The molecule has 0 saturated heterocycles. The maximum absolute atomic E-state index is 12.2. The predicted molar refractivity (Wildman–Crippen MR) is 99.9 cm³/mol. The molecule has 0 saturated carbocycles. The van der Waals surface area contributed by atoms with Gasteiger partial charge in [0, 0.05) is 24.3 Å². The number of carbonyl (C=O) groups is 1. The number of para-hydroxylation sites is 1. The summed E-state index contributed by atoms with van der Waals surface area (Å²) in [5, 5.41) is 6.30. The lowest BCUT2D eigenvalue weighted by molar-refractivity contribution is -0.115. The summed E-state index contributed by atoms with van der Waals surface area (Å²) in [6.45, 7) is 7.33. The van der Waals surface area contributed by atoms with Gasteiger partial charge in [-0.25, -0.2) is 0 Å². The molecule has 4 nitrogen and oxygen atoms in total. The molecule has 0 fully saturated rings. The highest BCUT2D eigenvalue weighted by Crippen LogP contribution is 2.21. The van der Waals surface area contributed by atoms with Gasteiger partial charge < -0.3 is 15.4 Å². The summed E-state index contributed by atoms with van der Waals surface area (Å²) in [5.74, 6) is 0.880. The molecule has 2 aromatic rings. The van der Waals surface area contributed by atoms with E-state index >= 15 is 0 Å². The van der Waals surface area contributed by atoms with Gasteiger partial charge in [-0.2, -0.15) is 0 Å². The van der Waals surface area contributed by atoms with Crippen LogP contribution >= 0.6 is 0 Å². The summed E-state index contributed by atoms with van der Waals surface area (Å²) in [5.41, 5.74) is 4.20. The largest absolute Gasteiger partial charge is 0.494 e. The lowest BCUT2D eigenvalue weighted by atomic mass is 10.1. The lowest BCUT2D eigenvalue weighted by Gasteiger charge is -2.13. The molecule has 0 aliphatic heterocycles. The van der Waals surface area contributed by atoms with Crippen LogP contribution in [0.25, 0.3) is 0 Å². The highest BCUT2D eigenvalue weighted by atomic mass is 16.5. The van der Waals surface area contributed by atoms with Crippen LogP contribution in [0, 0.1) is 6.92 Å². The molecule has 1 amide bonds. The van der Waals surface area contributed by atoms with E-state index < -0.39 is 0 Å². The topological polar surface area (TPSA) is 50.4 Å². The smallest absolute Gasteiger partial charge is 0.226 e. The number of anilines is 2. The summed E-state index contributed by atoms with van der Waals surface area (Å²) < 4.78 is 5.41. The van der Waals surface area contributed by atoms with Crippen molar-refractivity contribution in [1.29, 1.82) is 0 Å². The molecule has 2 N–H and O–H groups in total. The van der Waals surface area contributed by atoms with Crippen LogP contribution in [0.4, 0.5) is 11.4 Å². The van der Waals surface area contributed by atoms with Crippen LogP contribution in [-0.2, 0) is 11.2 Å². The van der Waals surface area contributed by atoms with E-state index in [0.29, 0.717) is 19.6 Å². The first-order chi connectivity index (χ1) is 11.6. The monoisotopic (exact) mass is 326 g/mol. The van der Waals surface area contributed by atoms with Gasteiger partial charge in [-0.15, -0.1) is 0 Å². The van der Waals surface area contributed by atoms with Crippen molar-refractivity contribution in [3.63, 3.8) is 0 Å². The van der Waals surface area contributed by atoms with Crippen LogP contribution in [-0.4, -0.2) is 19.1 Å². The van der Waals surface area contributed by atoms with Gasteiger partial charge in [0.1, 0.15) is 5.75 Å². The molecule has 4 heteroatoms. The third-order valence-corrected chi connectivity index (χ3v) is 3.85. The molecular formula is C20H26N2O2. The maximum atomic E-state index is 12.2. The molecule has 24 heavy (non-hydrogen) atoms. The van der Waals surface area contributed by atoms with Crippen molar-refractivity contribution in [2.24, 2.45) is 0 Å². The second-order valence-electron chi connectivity index (χ2n) is 5.64. The fourth-order valence-corrected chi connectivity index (χ4v) is 2.56. The highest BCUT2D eigenvalue weighted by molar-refractivity contribution is 5.92. The number of amides is 1. The van der Waals surface area contributed by atoms with Crippen molar-refractivity contribution in [3.05, 3.63) is 53.6 Å². The fraction of sp³-hybridized carbons (Fsp3) is 0.350. The first kappa shape index (κ1) is 17.9. The molecule has 0 aliphatic rings. The Morgan fingerprint density at radius 3 is 2.50 bits per heavy atom. The Morgan fingerprint density at radius 2 is 1.83 bits per heavy atom. The number of rotatable bonds is 8. The van der Waals surface area contributed by atoms with E-state index in [1.165, 1.54) is 5.56 Å². The van der Waals surface area contributed by atoms with E-state index in [9.17, 15) is 4.79 Å². The summed E-state index contributed by atoms with van der Waals surface area (Å²) >= 11 is 0. The molecular weight excluding hydrogens is 300 g/mol. The van der Waals surface area contributed by atoms with Gasteiger partial charge in [0.2, 0.25) is 5.91 Å². The van der Waals surface area contributed by atoms with Crippen molar-refractivity contribution in [1.82, 2.24) is 0 Å². The molecule has 2 aromatic carbocycles. The Labute approximate surface area is 144 Å². The Morgan fingerprint density at radius 1 is 1.08 bits per heavy atom. The average Bonchev–Trinajstić information content (AvgIpc) is 2.58. The molecule has 0 unspecified atom stereocenters. The molecule has 0 spiro atoms. The van der Waals surface area contributed by atoms with E-state index in [-0.39, 0.29) is 5.91 Å². The van der Waals surface area contributed by atoms with Gasteiger partial charge in [0.25, 0.3) is 0 Å². The Bertz CT molecular complexity index is 666. The number of nitrogens with one attached hydrogen (secondary N) is 2. The minimum atomic E-state index is 0.0254. The normalized spacial score (nSPS) is 10.3. The quantitative estimate of drug-likeness (QED) is 0.756. The Balaban J connectivity index is 1.83. The zero-order chi connectivity index (χ0) is 17.4. The first-order valence-electron chi connectivity index (χ1n) is 8.49. The zero-order valence-electron chi connectivity index (χ0n) is 14.7. The number of benzene rings is 2. The van der Waals surface area contributed by atoms with Crippen molar-refractivity contribution in [2.45, 2.75) is 33.6 Å². The number of aryl methyl sites for hydroxylation is 2. The van der Waals surface area contributed by atoms with Crippen LogP contribution in [0.3, 0.4) is 0 Å². The zero-order valence-corrected chi connectivity index (χ0v) is 14.7. The van der Waals surface area contributed by atoms with E-state index in [4.69, 9.17) is 4.74 Å². The highest BCUT2D eigenvalue weighted by Gasteiger charge is 2.08. The van der Waals surface area contributed by atoms with Gasteiger partial charge >= 0.3 is 0 Å². The third kappa shape index (κ3) is 5.01. The standard InChI is InChI=1S/C20H26N2O2/c1-4-16-8-6-7-15(3)20(16)22-19(23)13-14-21-17-9-11-18(12-10-17)24-5-2/h6-12,21H,4-5,13-14H2,1-3H3,(H,22,23). The van der Waals surface area contributed by atoms with Gasteiger partial charge in [-0.3, -0.25) is 4.79 Å². The van der Waals surface area contributed by atoms with E-state index in [1.807, 2.05) is 50.2 Å².